The van der Waals surface area contributed by atoms with E-state index in [4.69, 9.17) is 23.4 Å². The molecule has 1 aromatic heterocycles. The molecule has 10 heteroatoms. The molecule has 0 fully saturated rings. The van der Waals surface area contributed by atoms with E-state index in [9.17, 15) is 15.4 Å². The van der Waals surface area contributed by atoms with Gasteiger partial charge in [-0.2, -0.15) is 5.26 Å². The molecule has 0 spiro atoms. The lowest BCUT2D eigenvalue weighted by atomic mass is 9.98. The molecular formula is C35H29N3O7. The summed E-state index contributed by atoms with van der Waals surface area (Å²) in [6.07, 6.45) is 1.60. The molecule has 4 aromatic carbocycles. The largest absolute Gasteiger partial charge is 0.497 e. The summed E-state index contributed by atoms with van der Waals surface area (Å²) in [6.45, 7) is 2.47. The Morgan fingerprint density at radius 1 is 0.867 bits per heavy atom. The van der Waals surface area contributed by atoms with Gasteiger partial charge in [-0.3, -0.25) is 10.1 Å². The van der Waals surface area contributed by atoms with Crippen LogP contribution in [0, 0.1) is 21.4 Å². The Balaban J connectivity index is 1.46. The van der Waals surface area contributed by atoms with Crippen LogP contribution in [0.5, 0.6) is 23.0 Å². The first-order valence-corrected chi connectivity index (χ1v) is 14.0. The molecule has 0 aliphatic rings. The number of ether oxygens (including phenoxy) is 4. The lowest BCUT2D eigenvalue weighted by Crippen LogP contribution is -2.00. The minimum absolute atomic E-state index is 0.0146. The zero-order valence-corrected chi connectivity index (χ0v) is 24.9. The molecule has 0 amide bonds. The van der Waals surface area contributed by atoms with Crippen LogP contribution in [0.25, 0.3) is 22.5 Å². The van der Waals surface area contributed by atoms with Crippen molar-refractivity contribution in [2.45, 2.75) is 13.5 Å². The van der Waals surface area contributed by atoms with Crippen molar-refractivity contribution in [2.75, 3.05) is 20.8 Å². The van der Waals surface area contributed by atoms with Gasteiger partial charge in [0.1, 0.15) is 35.5 Å². The van der Waals surface area contributed by atoms with Crippen molar-refractivity contribution in [3.8, 4) is 51.5 Å². The van der Waals surface area contributed by atoms with E-state index in [1.54, 1.807) is 50.8 Å². The number of nitro benzene ring substituents is 1. The number of nitro groups is 1. The van der Waals surface area contributed by atoms with E-state index in [1.807, 2.05) is 55.5 Å². The fourth-order valence-electron chi connectivity index (χ4n) is 4.59. The standard InChI is InChI=1S/C35H29N3O7/c1-4-43-32-19-24(7-18-31(32)44-22-23-5-12-27(13-6-23)38(39)40)21-37-35-30(20-36)33(25-8-14-28(41-2)15-9-25)34(45-35)26-10-16-29(42-3)17-11-26/h5-19,21H,4,22H2,1-3H3. The molecular weight excluding hydrogens is 574 g/mol. The number of non-ortho nitro benzene ring substituents is 1. The molecule has 0 aliphatic heterocycles. The van der Waals surface area contributed by atoms with E-state index < -0.39 is 4.92 Å². The van der Waals surface area contributed by atoms with Gasteiger partial charge in [-0.1, -0.05) is 12.1 Å². The van der Waals surface area contributed by atoms with Gasteiger partial charge in [0.2, 0.25) is 5.88 Å². The van der Waals surface area contributed by atoms with E-state index in [0.29, 0.717) is 46.5 Å². The van der Waals surface area contributed by atoms with Crippen LogP contribution < -0.4 is 18.9 Å². The molecule has 0 saturated heterocycles. The summed E-state index contributed by atoms with van der Waals surface area (Å²) in [6, 6.07) is 28.6. The van der Waals surface area contributed by atoms with Gasteiger partial charge in [0.15, 0.2) is 11.5 Å². The molecule has 0 aliphatic carbocycles. The lowest BCUT2D eigenvalue weighted by Gasteiger charge is -2.12. The van der Waals surface area contributed by atoms with Gasteiger partial charge in [-0.05, 0) is 90.3 Å². The average molecular weight is 604 g/mol. The van der Waals surface area contributed by atoms with Crippen LogP contribution in [0.1, 0.15) is 23.6 Å². The summed E-state index contributed by atoms with van der Waals surface area (Å²) in [7, 11) is 3.19. The van der Waals surface area contributed by atoms with Crippen molar-refractivity contribution >= 4 is 17.8 Å². The van der Waals surface area contributed by atoms with Crippen molar-refractivity contribution in [1.29, 1.82) is 5.26 Å². The summed E-state index contributed by atoms with van der Waals surface area (Å²) in [5.41, 5.74) is 3.91. The van der Waals surface area contributed by atoms with Crippen LogP contribution in [0.15, 0.2) is 100 Å². The summed E-state index contributed by atoms with van der Waals surface area (Å²) >= 11 is 0. The molecule has 0 N–H and O–H groups in total. The van der Waals surface area contributed by atoms with E-state index in [1.165, 1.54) is 12.1 Å². The van der Waals surface area contributed by atoms with E-state index in [-0.39, 0.29) is 23.7 Å². The molecule has 0 atom stereocenters. The number of hydrogen-bond donors (Lipinski definition) is 0. The molecule has 0 bridgehead atoms. The fourth-order valence-corrected chi connectivity index (χ4v) is 4.59. The normalized spacial score (nSPS) is 10.8. The fraction of sp³-hybridized carbons (Fsp3) is 0.143. The minimum Gasteiger partial charge on any atom is -0.497 e. The predicted octanol–water partition coefficient (Wildman–Crippen LogP) is 8.14. The Kier molecular flexibility index (Phi) is 9.40. The Hall–Kier alpha value is -6.08. The number of furan rings is 1. The molecule has 5 aromatic rings. The van der Waals surface area contributed by atoms with Gasteiger partial charge in [0.25, 0.3) is 5.69 Å². The van der Waals surface area contributed by atoms with E-state index in [0.717, 1.165) is 16.7 Å². The molecule has 1 heterocycles. The number of hydrogen-bond acceptors (Lipinski definition) is 9. The van der Waals surface area contributed by atoms with Crippen LogP contribution >= 0.6 is 0 Å². The monoisotopic (exact) mass is 603 g/mol. The minimum atomic E-state index is -0.444. The maximum Gasteiger partial charge on any atom is 0.269 e. The molecule has 226 valence electrons. The van der Waals surface area contributed by atoms with E-state index >= 15 is 0 Å². The number of rotatable bonds is 12. The smallest absolute Gasteiger partial charge is 0.269 e. The first-order chi connectivity index (χ1) is 21.9. The maximum absolute atomic E-state index is 10.9. The second-order valence-corrected chi connectivity index (χ2v) is 9.66. The van der Waals surface area contributed by atoms with Crippen molar-refractivity contribution in [2.24, 2.45) is 4.99 Å². The Bertz CT molecular complexity index is 1850. The zero-order chi connectivity index (χ0) is 31.8. The van der Waals surface area contributed by atoms with Crippen molar-refractivity contribution in [1.82, 2.24) is 0 Å². The summed E-state index contributed by atoms with van der Waals surface area (Å²) < 4.78 is 28.6. The second-order valence-electron chi connectivity index (χ2n) is 9.66. The average Bonchev–Trinajstić information content (AvgIpc) is 3.45. The third kappa shape index (κ3) is 6.95. The van der Waals surface area contributed by atoms with Gasteiger partial charge in [-0.25, -0.2) is 4.99 Å². The number of nitrogens with zero attached hydrogens (tertiary/aromatic N) is 3. The van der Waals surface area contributed by atoms with Crippen LogP contribution in [0.4, 0.5) is 11.6 Å². The van der Waals surface area contributed by atoms with Gasteiger partial charge in [-0.15, -0.1) is 0 Å². The SMILES string of the molecule is CCOc1cc(C=Nc2oc(-c3ccc(OC)cc3)c(-c3ccc(OC)cc3)c2C#N)ccc1OCc1ccc([N+](=O)[O-])cc1. The number of nitriles is 1. The van der Waals surface area contributed by atoms with Crippen LogP contribution in [-0.2, 0) is 6.61 Å². The van der Waals surface area contributed by atoms with Gasteiger partial charge in [0, 0.05) is 29.5 Å². The van der Waals surface area contributed by atoms with Crippen LogP contribution in [0.3, 0.4) is 0 Å². The molecule has 0 saturated carbocycles. The number of methoxy groups -OCH3 is 2. The second kappa shape index (κ2) is 13.9. The topological polar surface area (TPSA) is 129 Å². The van der Waals surface area contributed by atoms with Gasteiger partial charge < -0.3 is 23.4 Å². The highest BCUT2D eigenvalue weighted by molar-refractivity contribution is 5.90. The van der Waals surface area contributed by atoms with Crippen LogP contribution in [-0.4, -0.2) is 32.0 Å². The lowest BCUT2D eigenvalue weighted by molar-refractivity contribution is -0.384. The molecule has 5 rings (SSSR count). The van der Waals surface area contributed by atoms with Gasteiger partial charge >= 0.3 is 0 Å². The highest BCUT2D eigenvalue weighted by atomic mass is 16.6. The quantitative estimate of drug-likeness (QED) is 0.0794. The van der Waals surface area contributed by atoms with E-state index in [2.05, 4.69) is 11.1 Å². The van der Waals surface area contributed by atoms with Crippen LogP contribution in [0.2, 0.25) is 0 Å². The Morgan fingerprint density at radius 2 is 1.51 bits per heavy atom. The maximum atomic E-state index is 10.9. The summed E-state index contributed by atoms with van der Waals surface area (Å²) in [4.78, 5) is 15.1. The first kappa shape index (κ1) is 30.4. The third-order valence-corrected chi connectivity index (χ3v) is 6.87. The highest BCUT2D eigenvalue weighted by Gasteiger charge is 2.23. The highest BCUT2D eigenvalue weighted by Crippen LogP contribution is 2.43. The summed E-state index contributed by atoms with van der Waals surface area (Å²) in [5, 5.41) is 21.2. The number of benzene rings is 4. The van der Waals surface area contributed by atoms with Crippen molar-refractivity contribution in [3.63, 3.8) is 0 Å². The zero-order valence-electron chi connectivity index (χ0n) is 24.9. The molecule has 0 radical (unpaired) electrons. The molecule has 0 unspecified atom stereocenters. The van der Waals surface area contributed by atoms with Gasteiger partial charge in [0.05, 0.1) is 25.7 Å². The summed E-state index contributed by atoms with van der Waals surface area (Å²) in [5.74, 6) is 3.05. The Labute approximate surface area is 259 Å². The third-order valence-electron chi connectivity index (χ3n) is 6.87. The first-order valence-electron chi connectivity index (χ1n) is 14.0. The Morgan fingerprint density at radius 3 is 2.09 bits per heavy atom. The van der Waals surface area contributed by atoms with Crippen molar-refractivity contribution in [3.05, 3.63) is 118 Å². The number of aliphatic imine (C=N–C) groups is 1. The predicted molar refractivity (Wildman–Crippen MR) is 170 cm³/mol. The molecule has 10 nitrogen and oxygen atoms in total. The van der Waals surface area contributed by atoms with Crippen molar-refractivity contribution < 1.29 is 28.3 Å². The molecule has 45 heavy (non-hydrogen) atoms.